The third kappa shape index (κ3) is 6.43. The Morgan fingerprint density at radius 1 is 1.02 bits per heavy atom. The van der Waals surface area contributed by atoms with E-state index in [1.165, 1.54) is 22.8 Å². The van der Waals surface area contributed by atoms with E-state index in [0.29, 0.717) is 23.2 Å². The first-order valence-electron chi connectivity index (χ1n) is 13.3. The molecule has 2 aromatic carbocycles. The molecule has 1 fully saturated rings. The standard InChI is InChI=1S/C30H29F2N7O3/c1-19-4-5-21(14-20(19)7-9-26-35-36-27-15-23(29(41)42)17-33-39(26)27)28(40)34-24-8-6-22(25(16-24)30(2,31)32)18-38-12-10-37(3)11-13-38/h4-6,8,14-17H,10-13,18H2,1-3H3,(H,34,40)(H,41,42). The van der Waals surface area contributed by atoms with Gasteiger partial charge < -0.3 is 15.3 Å². The monoisotopic (exact) mass is 573 g/mol. The second-order valence-electron chi connectivity index (χ2n) is 10.4. The number of nitrogens with one attached hydrogen (secondary N) is 1. The lowest BCUT2D eigenvalue weighted by Gasteiger charge is -2.33. The van der Waals surface area contributed by atoms with Crippen molar-refractivity contribution in [3.8, 4) is 11.8 Å². The lowest BCUT2D eigenvalue weighted by molar-refractivity contribution is 0.0155. The first-order chi connectivity index (χ1) is 20.0. The van der Waals surface area contributed by atoms with Gasteiger partial charge in [-0.2, -0.15) is 9.61 Å². The van der Waals surface area contributed by atoms with Gasteiger partial charge >= 0.3 is 5.97 Å². The number of hydrogen-bond acceptors (Lipinski definition) is 7. The van der Waals surface area contributed by atoms with Crippen molar-refractivity contribution in [3.63, 3.8) is 0 Å². The minimum Gasteiger partial charge on any atom is -0.478 e. The number of carboxylic acids is 1. The number of piperazine rings is 1. The number of halogens is 2. The number of nitrogens with zero attached hydrogens (tertiary/aromatic N) is 6. The second-order valence-corrected chi connectivity index (χ2v) is 10.4. The van der Waals surface area contributed by atoms with Crippen LogP contribution in [0, 0.1) is 18.8 Å². The van der Waals surface area contributed by atoms with Gasteiger partial charge in [0, 0.05) is 68.1 Å². The summed E-state index contributed by atoms with van der Waals surface area (Å²) >= 11 is 0. The molecular weight excluding hydrogens is 544 g/mol. The fraction of sp³-hybridized carbons (Fsp3) is 0.300. The molecule has 0 radical (unpaired) electrons. The van der Waals surface area contributed by atoms with Crippen LogP contribution < -0.4 is 5.32 Å². The predicted molar refractivity (Wildman–Crippen MR) is 152 cm³/mol. The molecule has 1 amide bonds. The van der Waals surface area contributed by atoms with Crippen molar-refractivity contribution >= 4 is 23.2 Å². The van der Waals surface area contributed by atoms with Crippen LogP contribution in [0.2, 0.25) is 0 Å². The fourth-order valence-electron chi connectivity index (χ4n) is 4.66. The molecule has 2 N–H and O–H groups in total. The molecule has 1 aliphatic rings. The molecule has 0 unspecified atom stereocenters. The summed E-state index contributed by atoms with van der Waals surface area (Å²) in [6, 6.07) is 11.0. The maximum absolute atomic E-state index is 14.6. The zero-order valence-electron chi connectivity index (χ0n) is 23.4. The van der Waals surface area contributed by atoms with E-state index in [-0.39, 0.29) is 28.3 Å². The van der Waals surface area contributed by atoms with Crippen LogP contribution in [-0.2, 0) is 12.5 Å². The zero-order valence-corrected chi connectivity index (χ0v) is 23.4. The number of fused-ring (bicyclic) bond motifs is 1. The minimum absolute atomic E-state index is 0.0246. The summed E-state index contributed by atoms with van der Waals surface area (Å²) < 4.78 is 30.6. The number of hydrogen-bond donors (Lipinski definition) is 2. The molecule has 216 valence electrons. The number of aryl methyl sites for hydroxylation is 1. The van der Waals surface area contributed by atoms with Crippen molar-refractivity contribution in [1.29, 1.82) is 0 Å². The second kappa shape index (κ2) is 11.6. The maximum Gasteiger partial charge on any atom is 0.337 e. The number of carbonyl (C=O) groups excluding carboxylic acids is 1. The number of aromatic carboxylic acids is 1. The Labute approximate surface area is 241 Å². The van der Waals surface area contributed by atoms with Crippen molar-refractivity contribution in [2.75, 3.05) is 38.5 Å². The molecule has 42 heavy (non-hydrogen) atoms. The average Bonchev–Trinajstić information content (AvgIpc) is 3.36. The van der Waals surface area contributed by atoms with E-state index in [0.717, 1.165) is 38.7 Å². The van der Waals surface area contributed by atoms with Gasteiger partial charge in [-0.15, -0.1) is 10.2 Å². The van der Waals surface area contributed by atoms with Gasteiger partial charge in [-0.3, -0.25) is 9.69 Å². The van der Waals surface area contributed by atoms with E-state index in [9.17, 15) is 18.4 Å². The third-order valence-electron chi connectivity index (χ3n) is 7.15. The summed E-state index contributed by atoms with van der Waals surface area (Å²) in [7, 11) is 2.04. The Kier molecular flexibility index (Phi) is 7.98. The van der Waals surface area contributed by atoms with Crippen LogP contribution >= 0.6 is 0 Å². The van der Waals surface area contributed by atoms with Crippen LogP contribution in [0.15, 0.2) is 48.7 Å². The van der Waals surface area contributed by atoms with Crippen molar-refractivity contribution < 1.29 is 23.5 Å². The number of anilines is 1. The minimum atomic E-state index is -3.08. The molecular formula is C30H29F2N7O3. The Morgan fingerprint density at radius 3 is 2.50 bits per heavy atom. The largest absolute Gasteiger partial charge is 0.478 e. The molecule has 1 saturated heterocycles. The molecule has 5 rings (SSSR count). The van der Waals surface area contributed by atoms with Crippen molar-refractivity contribution in [2.45, 2.75) is 26.3 Å². The predicted octanol–water partition coefficient (Wildman–Crippen LogP) is 3.64. The van der Waals surface area contributed by atoms with Gasteiger partial charge in [0.05, 0.1) is 11.8 Å². The van der Waals surface area contributed by atoms with Gasteiger partial charge in [0.2, 0.25) is 5.82 Å². The highest BCUT2D eigenvalue weighted by Crippen LogP contribution is 2.33. The lowest BCUT2D eigenvalue weighted by Crippen LogP contribution is -2.44. The van der Waals surface area contributed by atoms with Gasteiger partial charge in [0.25, 0.3) is 11.8 Å². The molecule has 4 aromatic rings. The molecule has 0 aliphatic carbocycles. The van der Waals surface area contributed by atoms with Gasteiger partial charge in [-0.25, -0.2) is 13.6 Å². The van der Waals surface area contributed by atoms with E-state index in [1.54, 1.807) is 30.3 Å². The van der Waals surface area contributed by atoms with Crippen LogP contribution in [0.25, 0.3) is 5.65 Å². The summed E-state index contributed by atoms with van der Waals surface area (Å²) in [4.78, 5) is 28.7. The molecule has 1 aliphatic heterocycles. The summed E-state index contributed by atoms with van der Waals surface area (Å²) in [5, 5.41) is 23.8. The fourth-order valence-corrected chi connectivity index (χ4v) is 4.66. The van der Waals surface area contributed by atoms with E-state index in [2.05, 4.69) is 42.3 Å². The number of likely N-dealkylation sites (N-methyl/N-ethyl adjacent to an activating group) is 1. The smallest absolute Gasteiger partial charge is 0.337 e. The molecule has 0 saturated carbocycles. The molecule has 0 atom stereocenters. The van der Waals surface area contributed by atoms with Crippen molar-refractivity contribution in [3.05, 3.63) is 87.9 Å². The summed E-state index contributed by atoms with van der Waals surface area (Å²) in [6.45, 7) is 6.49. The van der Waals surface area contributed by atoms with Gasteiger partial charge in [0.15, 0.2) is 5.65 Å². The SMILES string of the molecule is Cc1ccc(C(=O)Nc2ccc(CN3CCN(C)CC3)c(C(C)(F)F)c2)cc1C#Cc1nnc2cc(C(=O)O)cnn12. The molecule has 3 heterocycles. The highest BCUT2D eigenvalue weighted by atomic mass is 19.3. The zero-order chi connectivity index (χ0) is 30.0. The summed E-state index contributed by atoms with van der Waals surface area (Å²) in [5.74, 6) is 1.35. The highest BCUT2D eigenvalue weighted by Gasteiger charge is 2.29. The quantitative estimate of drug-likeness (QED) is 0.336. The van der Waals surface area contributed by atoms with Crippen LogP contribution in [0.1, 0.15) is 55.7 Å². The Balaban J connectivity index is 1.35. The van der Waals surface area contributed by atoms with E-state index >= 15 is 0 Å². The van der Waals surface area contributed by atoms with Crippen LogP contribution in [0.5, 0.6) is 0 Å². The third-order valence-corrected chi connectivity index (χ3v) is 7.15. The number of carboxylic acid groups (broad SMARTS) is 1. The van der Waals surface area contributed by atoms with Crippen molar-refractivity contribution in [2.24, 2.45) is 0 Å². The summed E-state index contributed by atoms with van der Waals surface area (Å²) in [6.07, 6.45) is 1.18. The highest BCUT2D eigenvalue weighted by molar-refractivity contribution is 6.04. The summed E-state index contributed by atoms with van der Waals surface area (Å²) in [5.41, 5.74) is 2.55. The Morgan fingerprint density at radius 2 is 1.79 bits per heavy atom. The number of benzene rings is 2. The number of carbonyl (C=O) groups is 2. The first kappa shape index (κ1) is 28.8. The normalized spacial score (nSPS) is 14.4. The van der Waals surface area contributed by atoms with E-state index < -0.39 is 17.8 Å². The molecule has 0 spiro atoms. The molecule has 10 nitrogen and oxygen atoms in total. The topological polar surface area (TPSA) is 116 Å². The first-order valence-corrected chi connectivity index (χ1v) is 13.3. The average molecular weight is 574 g/mol. The number of amides is 1. The Bertz CT molecular complexity index is 1730. The number of alkyl halides is 2. The van der Waals surface area contributed by atoms with Crippen LogP contribution in [-0.4, -0.2) is 79.8 Å². The van der Waals surface area contributed by atoms with Gasteiger partial charge in [-0.1, -0.05) is 18.1 Å². The van der Waals surface area contributed by atoms with Gasteiger partial charge in [-0.05, 0) is 55.3 Å². The molecule has 2 aromatic heterocycles. The maximum atomic E-state index is 14.6. The molecule has 0 bridgehead atoms. The van der Waals surface area contributed by atoms with E-state index in [1.807, 2.05) is 14.0 Å². The van der Waals surface area contributed by atoms with Crippen LogP contribution in [0.3, 0.4) is 0 Å². The van der Waals surface area contributed by atoms with E-state index in [4.69, 9.17) is 5.11 Å². The Hall–Kier alpha value is -4.73. The molecule has 12 heteroatoms. The van der Waals surface area contributed by atoms with Gasteiger partial charge in [0.1, 0.15) is 0 Å². The lowest BCUT2D eigenvalue weighted by atomic mass is 10.00. The van der Waals surface area contributed by atoms with Crippen molar-refractivity contribution in [1.82, 2.24) is 29.6 Å². The number of aromatic nitrogens is 4. The number of rotatable bonds is 6. The van der Waals surface area contributed by atoms with Crippen LogP contribution in [0.4, 0.5) is 14.5 Å².